The van der Waals surface area contributed by atoms with Crippen molar-refractivity contribution in [1.29, 1.82) is 0 Å². The molecule has 4 heteroatoms. The summed E-state index contributed by atoms with van der Waals surface area (Å²) >= 11 is 0. The SMILES string of the molecule is C[C@H](N)c1cc(F)ccc1N1CCOC2CCCC21. The Balaban J connectivity index is 1.96. The van der Waals surface area contributed by atoms with E-state index < -0.39 is 0 Å². The molecule has 1 saturated heterocycles. The molecular weight excluding hydrogens is 243 g/mol. The standard InChI is InChI=1S/C15H21FN2O/c1-10(17)12-9-11(16)5-6-13(12)18-7-8-19-15-4-2-3-14(15)18/h5-6,9-10,14-15H,2-4,7-8,17H2,1H3/t10-,14?,15?/m0/s1. The summed E-state index contributed by atoms with van der Waals surface area (Å²) in [6.45, 7) is 3.52. The minimum Gasteiger partial charge on any atom is -0.374 e. The number of halogens is 1. The monoisotopic (exact) mass is 264 g/mol. The molecule has 2 aliphatic rings. The third kappa shape index (κ3) is 2.35. The molecule has 0 spiro atoms. The van der Waals surface area contributed by atoms with E-state index in [1.54, 1.807) is 6.07 Å². The summed E-state index contributed by atoms with van der Waals surface area (Å²) < 4.78 is 19.3. The average molecular weight is 264 g/mol. The number of nitrogens with zero attached hydrogens (tertiary/aromatic N) is 1. The van der Waals surface area contributed by atoms with Gasteiger partial charge in [0.25, 0.3) is 0 Å². The number of rotatable bonds is 2. The van der Waals surface area contributed by atoms with Crippen LogP contribution >= 0.6 is 0 Å². The first-order valence-electron chi connectivity index (χ1n) is 7.10. The highest BCUT2D eigenvalue weighted by molar-refractivity contribution is 5.56. The Bertz CT molecular complexity index is 463. The molecule has 0 amide bonds. The lowest BCUT2D eigenvalue weighted by Crippen LogP contribution is -2.49. The van der Waals surface area contributed by atoms with Crippen LogP contribution in [0, 0.1) is 5.82 Å². The summed E-state index contributed by atoms with van der Waals surface area (Å²) in [6, 6.07) is 5.24. The molecule has 0 bridgehead atoms. The smallest absolute Gasteiger partial charge is 0.123 e. The van der Waals surface area contributed by atoms with E-state index in [-0.39, 0.29) is 11.9 Å². The van der Waals surface area contributed by atoms with Gasteiger partial charge in [-0.2, -0.15) is 0 Å². The molecule has 2 unspecified atom stereocenters. The van der Waals surface area contributed by atoms with Crippen LogP contribution in [0.3, 0.4) is 0 Å². The molecule has 104 valence electrons. The van der Waals surface area contributed by atoms with E-state index in [0.717, 1.165) is 37.2 Å². The van der Waals surface area contributed by atoms with Gasteiger partial charge in [-0.05, 0) is 49.9 Å². The fraction of sp³-hybridized carbons (Fsp3) is 0.600. The van der Waals surface area contributed by atoms with Gasteiger partial charge in [0.1, 0.15) is 5.82 Å². The molecule has 2 N–H and O–H groups in total. The first kappa shape index (κ1) is 12.9. The lowest BCUT2D eigenvalue weighted by atomic mass is 10.0. The van der Waals surface area contributed by atoms with Crippen molar-refractivity contribution in [2.75, 3.05) is 18.1 Å². The van der Waals surface area contributed by atoms with Gasteiger partial charge in [0.2, 0.25) is 0 Å². The van der Waals surface area contributed by atoms with E-state index in [0.29, 0.717) is 12.1 Å². The molecule has 2 fully saturated rings. The summed E-state index contributed by atoms with van der Waals surface area (Å²) in [5.41, 5.74) is 7.98. The molecule has 0 radical (unpaired) electrons. The van der Waals surface area contributed by atoms with Crippen molar-refractivity contribution >= 4 is 5.69 Å². The van der Waals surface area contributed by atoms with E-state index in [2.05, 4.69) is 4.90 Å². The van der Waals surface area contributed by atoms with Crippen LogP contribution in [0.1, 0.15) is 37.8 Å². The van der Waals surface area contributed by atoms with Crippen LogP contribution in [0.4, 0.5) is 10.1 Å². The Morgan fingerprint density at radius 2 is 2.26 bits per heavy atom. The van der Waals surface area contributed by atoms with Gasteiger partial charge in [0.05, 0.1) is 18.8 Å². The molecule has 1 aliphatic carbocycles. The first-order chi connectivity index (χ1) is 9.16. The zero-order valence-electron chi connectivity index (χ0n) is 11.3. The predicted octanol–water partition coefficient (Wildman–Crippen LogP) is 2.60. The molecule has 1 saturated carbocycles. The zero-order chi connectivity index (χ0) is 13.4. The quantitative estimate of drug-likeness (QED) is 0.892. The van der Waals surface area contributed by atoms with Gasteiger partial charge in [0, 0.05) is 18.3 Å². The normalized spacial score (nSPS) is 28.3. The second-order valence-corrected chi connectivity index (χ2v) is 5.59. The molecule has 3 rings (SSSR count). The van der Waals surface area contributed by atoms with Crippen molar-refractivity contribution in [1.82, 2.24) is 0 Å². The van der Waals surface area contributed by atoms with Crippen LogP contribution in [-0.4, -0.2) is 25.3 Å². The predicted molar refractivity (Wildman–Crippen MR) is 73.7 cm³/mol. The minimum absolute atomic E-state index is 0.159. The maximum Gasteiger partial charge on any atom is 0.123 e. The van der Waals surface area contributed by atoms with Gasteiger partial charge in [0.15, 0.2) is 0 Å². The van der Waals surface area contributed by atoms with Gasteiger partial charge < -0.3 is 15.4 Å². The summed E-state index contributed by atoms with van der Waals surface area (Å²) in [4.78, 5) is 2.37. The second kappa shape index (κ2) is 5.10. The third-order valence-corrected chi connectivity index (χ3v) is 4.27. The molecule has 1 aromatic rings. The van der Waals surface area contributed by atoms with Crippen molar-refractivity contribution in [3.05, 3.63) is 29.6 Å². The molecule has 0 aromatic heterocycles. The highest BCUT2D eigenvalue weighted by atomic mass is 19.1. The topological polar surface area (TPSA) is 38.5 Å². The van der Waals surface area contributed by atoms with Crippen LogP contribution in [-0.2, 0) is 4.74 Å². The highest BCUT2D eigenvalue weighted by Crippen LogP contribution is 2.36. The molecule has 1 aliphatic heterocycles. The minimum atomic E-state index is -0.215. The van der Waals surface area contributed by atoms with Gasteiger partial charge in [-0.15, -0.1) is 0 Å². The number of fused-ring (bicyclic) bond motifs is 1. The van der Waals surface area contributed by atoms with Crippen molar-refractivity contribution in [2.24, 2.45) is 5.73 Å². The largest absolute Gasteiger partial charge is 0.374 e. The summed E-state index contributed by atoms with van der Waals surface area (Å²) in [7, 11) is 0. The van der Waals surface area contributed by atoms with Crippen LogP contribution in [0.15, 0.2) is 18.2 Å². The molecule has 3 atom stereocenters. The maximum absolute atomic E-state index is 13.4. The van der Waals surface area contributed by atoms with Gasteiger partial charge in [-0.1, -0.05) is 0 Å². The number of morpholine rings is 1. The number of hydrogen-bond donors (Lipinski definition) is 1. The molecule has 19 heavy (non-hydrogen) atoms. The zero-order valence-corrected chi connectivity index (χ0v) is 11.3. The number of benzene rings is 1. The Morgan fingerprint density at radius 1 is 1.42 bits per heavy atom. The van der Waals surface area contributed by atoms with E-state index in [1.165, 1.54) is 12.5 Å². The summed E-state index contributed by atoms with van der Waals surface area (Å²) in [5, 5.41) is 0. The van der Waals surface area contributed by atoms with E-state index in [4.69, 9.17) is 10.5 Å². The van der Waals surface area contributed by atoms with Crippen molar-refractivity contribution < 1.29 is 9.13 Å². The van der Waals surface area contributed by atoms with E-state index in [1.807, 2.05) is 13.0 Å². The fourth-order valence-electron chi connectivity index (χ4n) is 3.38. The molecule has 3 nitrogen and oxygen atoms in total. The Hall–Kier alpha value is -1.13. The summed E-state index contributed by atoms with van der Waals surface area (Å²) in [6.07, 6.45) is 3.83. The fourth-order valence-corrected chi connectivity index (χ4v) is 3.38. The Kier molecular flexibility index (Phi) is 3.46. The van der Waals surface area contributed by atoms with Crippen molar-refractivity contribution in [2.45, 2.75) is 44.4 Å². The Labute approximate surface area is 113 Å². The lowest BCUT2D eigenvalue weighted by molar-refractivity contribution is 0.0255. The molecule has 1 aromatic carbocycles. The molecule has 1 heterocycles. The number of nitrogens with two attached hydrogens (primary N) is 1. The highest BCUT2D eigenvalue weighted by Gasteiger charge is 2.37. The van der Waals surface area contributed by atoms with Crippen molar-refractivity contribution in [3.63, 3.8) is 0 Å². The van der Waals surface area contributed by atoms with Gasteiger partial charge in [-0.25, -0.2) is 4.39 Å². The second-order valence-electron chi connectivity index (χ2n) is 5.59. The lowest BCUT2D eigenvalue weighted by Gasteiger charge is -2.40. The van der Waals surface area contributed by atoms with Gasteiger partial charge in [-0.3, -0.25) is 0 Å². The van der Waals surface area contributed by atoms with Crippen LogP contribution in [0.2, 0.25) is 0 Å². The number of hydrogen-bond acceptors (Lipinski definition) is 3. The third-order valence-electron chi connectivity index (χ3n) is 4.27. The number of anilines is 1. The maximum atomic E-state index is 13.4. The average Bonchev–Trinajstić information content (AvgIpc) is 2.86. The summed E-state index contributed by atoms with van der Waals surface area (Å²) in [5.74, 6) is -0.215. The van der Waals surface area contributed by atoms with E-state index >= 15 is 0 Å². The number of ether oxygens (including phenoxy) is 1. The van der Waals surface area contributed by atoms with Crippen LogP contribution in [0.5, 0.6) is 0 Å². The Morgan fingerprint density at radius 3 is 3.05 bits per heavy atom. The van der Waals surface area contributed by atoms with Gasteiger partial charge >= 0.3 is 0 Å². The van der Waals surface area contributed by atoms with Crippen LogP contribution < -0.4 is 10.6 Å². The van der Waals surface area contributed by atoms with E-state index in [9.17, 15) is 4.39 Å². The van der Waals surface area contributed by atoms with Crippen LogP contribution in [0.25, 0.3) is 0 Å². The molecular formula is C15H21FN2O. The first-order valence-corrected chi connectivity index (χ1v) is 7.10. The van der Waals surface area contributed by atoms with Crippen molar-refractivity contribution in [3.8, 4) is 0 Å².